The van der Waals surface area contributed by atoms with Crippen LogP contribution in [0.2, 0.25) is 0 Å². The second kappa shape index (κ2) is 8.28. The number of carbonyl (C=O) groups is 2. The van der Waals surface area contributed by atoms with Crippen LogP contribution in [0.15, 0.2) is 12.4 Å². The minimum atomic E-state index is 0.0384. The normalized spacial score (nSPS) is 21.8. The van der Waals surface area contributed by atoms with Gasteiger partial charge in [0.05, 0.1) is 17.9 Å². The molecular weight excluding hydrogens is 308 g/mol. The zero-order chi connectivity index (χ0) is 16.8. The van der Waals surface area contributed by atoms with Gasteiger partial charge in [-0.15, -0.1) is 0 Å². The van der Waals surface area contributed by atoms with Crippen LogP contribution < -0.4 is 5.32 Å². The second-order valence-electron chi connectivity index (χ2n) is 6.70. The van der Waals surface area contributed by atoms with Crippen LogP contribution in [-0.4, -0.2) is 59.3 Å². The van der Waals surface area contributed by atoms with Gasteiger partial charge in [-0.05, 0) is 38.0 Å². The number of hydrogen-bond donors (Lipinski definition) is 2. The average Bonchev–Trinajstić information content (AvgIpc) is 3.31. The molecule has 3 rings (SSSR count). The minimum Gasteiger partial charge on any atom is -0.376 e. The largest absolute Gasteiger partial charge is 0.376 e. The van der Waals surface area contributed by atoms with E-state index in [-0.39, 0.29) is 17.9 Å². The molecule has 2 saturated heterocycles. The third kappa shape index (κ3) is 4.56. The van der Waals surface area contributed by atoms with E-state index in [1.807, 2.05) is 4.90 Å². The summed E-state index contributed by atoms with van der Waals surface area (Å²) in [5.74, 6) is 0.672. The number of piperidine rings is 1. The van der Waals surface area contributed by atoms with E-state index >= 15 is 0 Å². The molecule has 24 heavy (non-hydrogen) atoms. The van der Waals surface area contributed by atoms with Gasteiger partial charge in [0.2, 0.25) is 5.91 Å². The zero-order valence-corrected chi connectivity index (χ0v) is 14.0. The summed E-state index contributed by atoms with van der Waals surface area (Å²) in [6.45, 7) is 2.96. The van der Waals surface area contributed by atoms with Crippen molar-refractivity contribution >= 4 is 11.8 Å². The molecule has 3 heterocycles. The molecule has 0 bridgehead atoms. The number of hydrogen-bond acceptors (Lipinski definition) is 4. The third-order valence-electron chi connectivity index (χ3n) is 4.98. The van der Waals surface area contributed by atoms with E-state index in [0.717, 1.165) is 51.8 Å². The van der Waals surface area contributed by atoms with E-state index in [4.69, 9.17) is 4.74 Å². The Morgan fingerprint density at radius 2 is 2.17 bits per heavy atom. The van der Waals surface area contributed by atoms with Crippen LogP contribution in [0.3, 0.4) is 0 Å². The number of ether oxygens (including phenoxy) is 1. The highest BCUT2D eigenvalue weighted by molar-refractivity contribution is 5.93. The van der Waals surface area contributed by atoms with Crippen molar-refractivity contribution in [3.05, 3.63) is 18.0 Å². The number of likely N-dealkylation sites (tertiary alicyclic amines) is 1. The molecule has 0 aromatic carbocycles. The maximum Gasteiger partial charge on any atom is 0.257 e. The highest BCUT2D eigenvalue weighted by Gasteiger charge is 2.24. The Kier molecular flexibility index (Phi) is 5.85. The van der Waals surface area contributed by atoms with E-state index in [0.29, 0.717) is 24.4 Å². The van der Waals surface area contributed by atoms with Gasteiger partial charge in [0, 0.05) is 38.9 Å². The molecule has 0 saturated carbocycles. The minimum absolute atomic E-state index is 0.0384. The highest BCUT2D eigenvalue weighted by atomic mass is 16.5. The molecule has 7 heteroatoms. The van der Waals surface area contributed by atoms with Crippen LogP contribution in [0.1, 0.15) is 48.9 Å². The van der Waals surface area contributed by atoms with E-state index in [1.54, 1.807) is 12.4 Å². The lowest BCUT2D eigenvalue weighted by Crippen LogP contribution is -2.38. The molecule has 2 N–H and O–H groups in total. The Morgan fingerprint density at radius 1 is 1.33 bits per heavy atom. The number of amides is 2. The topological polar surface area (TPSA) is 87.3 Å². The van der Waals surface area contributed by atoms with Crippen molar-refractivity contribution in [2.24, 2.45) is 5.92 Å². The summed E-state index contributed by atoms with van der Waals surface area (Å²) in [6, 6.07) is 0. The van der Waals surface area contributed by atoms with Gasteiger partial charge in [0.1, 0.15) is 0 Å². The lowest BCUT2D eigenvalue weighted by atomic mass is 9.92. The Hall–Kier alpha value is -1.89. The first-order chi connectivity index (χ1) is 11.7. The van der Waals surface area contributed by atoms with Crippen LogP contribution in [0.4, 0.5) is 0 Å². The van der Waals surface area contributed by atoms with Gasteiger partial charge in [-0.2, -0.15) is 5.10 Å². The molecule has 2 amide bonds. The van der Waals surface area contributed by atoms with Crippen molar-refractivity contribution in [3.63, 3.8) is 0 Å². The summed E-state index contributed by atoms with van der Waals surface area (Å²) in [5.41, 5.74) is 0.613. The Balaban J connectivity index is 1.32. The van der Waals surface area contributed by atoms with Gasteiger partial charge in [-0.25, -0.2) is 0 Å². The number of aromatic nitrogens is 2. The van der Waals surface area contributed by atoms with Crippen molar-refractivity contribution in [2.45, 2.75) is 44.6 Å². The van der Waals surface area contributed by atoms with Gasteiger partial charge in [0.15, 0.2) is 0 Å². The second-order valence-corrected chi connectivity index (χ2v) is 6.70. The predicted octanol–water partition coefficient (Wildman–Crippen LogP) is 1.34. The number of nitrogens with zero attached hydrogens (tertiary/aromatic N) is 2. The fourth-order valence-electron chi connectivity index (χ4n) is 3.43. The summed E-state index contributed by atoms with van der Waals surface area (Å²) in [4.78, 5) is 26.0. The lowest BCUT2D eigenvalue weighted by Gasteiger charge is -2.31. The van der Waals surface area contributed by atoms with Crippen molar-refractivity contribution in [1.82, 2.24) is 20.4 Å². The molecule has 2 fully saturated rings. The maximum atomic E-state index is 12.2. The number of nitrogens with one attached hydrogen (secondary N) is 2. The molecule has 2 aliphatic rings. The molecule has 0 aliphatic carbocycles. The van der Waals surface area contributed by atoms with Crippen LogP contribution in [-0.2, 0) is 9.53 Å². The van der Waals surface area contributed by atoms with Crippen LogP contribution in [0.5, 0.6) is 0 Å². The molecule has 0 unspecified atom stereocenters. The van der Waals surface area contributed by atoms with Gasteiger partial charge >= 0.3 is 0 Å². The molecule has 132 valence electrons. The average molecular weight is 334 g/mol. The van der Waals surface area contributed by atoms with Crippen molar-refractivity contribution in [3.8, 4) is 0 Å². The number of H-pyrrole nitrogens is 1. The van der Waals surface area contributed by atoms with Gasteiger partial charge in [-0.1, -0.05) is 0 Å². The predicted molar refractivity (Wildman–Crippen MR) is 88.4 cm³/mol. The number of rotatable bonds is 6. The Bertz CT molecular complexity index is 532. The van der Waals surface area contributed by atoms with Gasteiger partial charge < -0.3 is 15.0 Å². The number of aromatic amines is 1. The zero-order valence-electron chi connectivity index (χ0n) is 14.0. The summed E-state index contributed by atoms with van der Waals surface area (Å²) in [6.07, 6.45) is 8.91. The third-order valence-corrected chi connectivity index (χ3v) is 4.98. The summed E-state index contributed by atoms with van der Waals surface area (Å²) < 4.78 is 5.50. The molecule has 7 nitrogen and oxygen atoms in total. The molecule has 1 aromatic rings. The van der Waals surface area contributed by atoms with Crippen LogP contribution in [0, 0.1) is 5.92 Å². The molecular formula is C17H26N4O3. The monoisotopic (exact) mass is 334 g/mol. The summed E-state index contributed by atoms with van der Waals surface area (Å²) >= 11 is 0. The summed E-state index contributed by atoms with van der Waals surface area (Å²) in [5, 5.41) is 9.47. The summed E-state index contributed by atoms with van der Waals surface area (Å²) in [7, 11) is 0. The van der Waals surface area contributed by atoms with Crippen molar-refractivity contribution in [2.75, 3.05) is 26.2 Å². The fraction of sp³-hybridized carbons (Fsp3) is 0.706. The quantitative estimate of drug-likeness (QED) is 0.822. The van der Waals surface area contributed by atoms with Crippen molar-refractivity contribution in [1.29, 1.82) is 0 Å². The Morgan fingerprint density at radius 3 is 2.83 bits per heavy atom. The highest BCUT2D eigenvalue weighted by Crippen LogP contribution is 2.23. The van der Waals surface area contributed by atoms with E-state index < -0.39 is 0 Å². The standard InChI is InChI=1S/C17H26N4O3/c22-16(18-12-15-2-1-9-24-15)4-3-13-5-7-21(8-6-13)17(23)14-10-19-20-11-14/h10-11,13,15H,1-9,12H2,(H,18,22)(H,19,20)/t15-/m0/s1. The maximum absolute atomic E-state index is 12.2. The Labute approximate surface area is 142 Å². The van der Waals surface area contributed by atoms with Gasteiger partial charge in [-0.3, -0.25) is 14.7 Å². The molecule has 2 aliphatic heterocycles. The molecule has 1 aromatic heterocycles. The molecule has 0 radical (unpaired) electrons. The first-order valence-electron chi connectivity index (χ1n) is 8.88. The first-order valence-corrected chi connectivity index (χ1v) is 8.88. The van der Waals surface area contributed by atoms with Crippen molar-refractivity contribution < 1.29 is 14.3 Å². The van der Waals surface area contributed by atoms with E-state index in [9.17, 15) is 9.59 Å². The smallest absolute Gasteiger partial charge is 0.257 e. The number of carbonyl (C=O) groups excluding carboxylic acids is 2. The first kappa shape index (κ1) is 17.0. The molecule has 0 spiro atoms. The fourth-order valence-corrected chi connectivity index (χ4v) is 3.43. The van der Waals surface area contributed by atoms with E-state index in [2.05, 4.69) is 15.5 Å². The van der Waals surface area contributed by atoms with Gasteiger partial charge in [0.25, 0.3) is 5.91 Å². The van der Waals surface area contributed by atoms with E-state index in [1.165, 1.54) is 0 Å². The molecule has 1 atom stereocenters. The lowest BCUT2D eigenvalue weighted by molar-refractivity contribution is -0.122. The van der Waals surface area contributed by atoms with Crippen LogP contribution >= 0.6 is 0 Å². The SMILES string of the molecule is O=C(CCC1CCN(C(=O)c2cn[nH]c2)CC1)NC[C@@H]1CCCO1. The van der Waals surface area contributed by atoms with Crippen LogP contribution in [0.25, 0.3) is 0 Å².